The zero-order chi connectivity index (χ0) is 15.8. The summed E-state index contributed by atoms with van der Waals surface area (Å²) in [7, 11) is 2.16. The lowest BCUT2D eigenvalue weighted by molar-refractivity contribution is -0.122. The number of carbonyl (C=O) groups is 1. The first-order valence-corrected chi connectivity index (χ1v) is 8.41. The molecule has 0 aromatic heterocycles. The smallest absolute Gasteiger partial charge is 0.236 e. The van der Waals surface area contributed by atoms with Gasteiger partial charge in [-0.05, 0) is 19.4 Å². The van der Waals surface area contributed by atoms with Gasteiger partial charge in [-0.2, -0.15) is 0 Å². The van der Waals surface area contributed by atoms with E-state index in [-0.39, 0.29) is 11.9 Å². The van der Waals surface area contributed by atoms with Gasteiger partial charge < -0.3 is 16.0 Å². The summed E-state index contributed by atoms with van der Waals surface area (Å²) in [6, 6.07) is 0.0475. The number of likely N-dealkylation sites (N-methyl/N-ethyl adjacent to an activating group) is 1. The average molecular weight is 298 g/mol. The number of amides is 1. The topological polar surface area (TPSA) is 61.6 Å². The summed E-state index contributed by atoms with van der Waals surface area (Å²) in [4.78, 5) is 16.9. The summed E-state index contributed by atoms with van der Waals surface area (Å²) in [5.41, 5.74) is 5.93. The molecule has 0 saturated carbocycles. The van der Waals surface area contributed by atoms with E-state index in [0.717, 1.165) is 45.4 Å². The van der Waals surface area contributed by atoms with Gasteiger partial charge >= 0.3 is 0 Å². The van der Waals surface area contributed by atoms with Crippen molar-refractivity contribution in [3.05, 3.63) is 0 Å². The van der Waals surface area contributed by atoms with Crippen LogP contribution in [-0.4, -0.2) is 67.6 Å². The van der Waals surface area contributed by atoms with Gasteiger partial charge in [0.25, 0.3) is 0 Å². The molecule has 1 aliphatic rings. The van der Waals surface area contributed by atoms with Crippen molar-refractivity contribution in [1.82, 2.24) is 15.1 Å². The molecule has 2 atom stereocenters. The zero-order valence-electron chi connectivity index (χ0n) is 14.3. The standard InChI is InChI=1S/C16H34N4O/c1-5-6-7-14(17)16(21)18-12-15(13(2)3)20-10-8-19(4)9-11-20/h13-15H,5-12,17H2,1-4H3,(H,18,21). The summed E-state index contributed by atoms with van der Waals surface area (Å²) >= 11 is 0. The third-order valence-corrected chi connectivity index (χ3v) is 4.47. The molecule has 0 aromatic rings. The molecule has 1 rings (SSSR count). The zero-order valence-corrected chi connectivity index (χ0v) is 14.3. The first-order valence-electron chi connectivity index (χ1n) is 8.41. The summed E-state index contributed by atoms with van der Waals surface area (Å²) in [6.07, 6.45) is 2.88. The number of carbonyl (C=O) groups excluding carboxylic acids is 1. The van der Waals surface area contributed by atoms with Crippen molar-refractivity contribution < 1.29 is 4.79 Å². The van der Waals surface area contributed by atoms with Crippen molar-refractivity contribution in [3.8, 4) is 0 Å². The number of nitrogens with zero attached hydrogens (tertiary/aromatic N) is 2. The Hall–Kier alpha value is -0.650. The molecule has 3 N–H and O–H groups in total. The van der Waals surface area contributed by atoms with E-state index in [4.69, 9.17) is 5.73 Å². The molecule has 0 spiro atoms. The highest BCUT2D eigenvalue weighted by Gasteiger charge is 2.25. The van der Waals surface area contributed by atoms with Crippen molar-refractivity contribution in [2.24, 2.45) is 11.7 Å². The van der Waals surface area contributed by atoms with Crippen LogP contribution in [-0.2, 0) is 4.79 Å². The van der Waals surface area contributed by atoms with Crippen molar-refractivity contribution in [2.75, 3.05) is 39.8 Å². The first kappa shape index (κ1) is 18.4. The highest BCUT2D eigenvalue weighted by Crippen LogP contribution is 2.13. The second-order valence-electron chi connectivity index (χ2n) is 6.64. The largest absolute Gasteiger partial charge is 0.353 e. The molecular weight excluding hydrogens is 264 g/mol. The van der Waals surface area contributed by atoms with Gasteiger partial charge in [0.05, 0.1) is 6.04 Å². The number of hydrogen-bond donors (Lipinski definition) is 2. The molecule has 0 aromatic carbocycles. The molecule has 1 aliphatic heterocycles. The Labute approximate surface area is 130 Å². The maximum atomic E-state index is 12.0. The number of hydrogen-bond acceptors (Lipinski definition) is 4. The van der Waals surface area contributed by atoms with Gasteiger partial charge in [-0.1, -0.05) is 33.6 Å². The minimum Gasteiger partial charge on any atom is -0.353 e. The van der Waals surface area contributed by atoms with E-state index in [1.54, 1.807) is 0 Å². The molecule has 21 heavy (non-hydrogen) atoms. The molecule has 1 heterocycles. The number of piperazine rings is 1. The summed E-state index contributed by atoms with van der Waals surface area (Å²) in [5.74, 6) is 0.531. The monoisotopic (exact) mass is 298 g/mol. The number of unbranched alkanes of at least 4 members (excludes halogenated alkanes) is 1. The Bertz CT molecular complexity index is 301. The molecule has 1 saturated heterocycles. The molecule has 0 radical (unpaired) electrons. The number of nitrogens with two attached hydrogens (primary N) is 1. The second-order valence-corrected chi connectivity index (χ2v) is 6.64. The third-order valence-electron chi connectivity index (χ3n) is 4.47. The van der Waals surface area contributed by atoms with Crippen LogP contribution in [0, 0.1) is 5.92 Å². The predicted octanol–water partition coefficient (Wildman–Crippen LogP) is 0.892. The SMILES string of the molecule is CCCCC(N)C(=O)NCC(C(C)C)N1CCN(C)CC1. The van der Waals surface area contributed by atoms with Gasteiger partial charge in [-0.25, -0.2) is 0 Å². The van der Waals surface area contributed by atoms with Crippen LogP contribution in [0.2, 0.25) is 0 Å². The maximum absolute atomic E-state index is 12.0. The number of rotatable bonds is 8. The second kappa shape index (κ2) is 9.38. The van der Waals surface area contributed by atoms with Gasteiger partial charge in [-0.3, -0.25) is 9.69 Å². The van der Waals surface area contributed by atoms with Crippen molar-refractivity contribution in [1.29, 1.82) is 0 Å². The van der Waals surface area contributed by atoms with Crippen LogP contribution < -0.4 is 11.1 Å². The normalized spacial score (nSPS) is 20.5. The first-order chi connectivity index (χ1) is 9.95. The quantitative estimate of drug-likeness (QED) is 0.699. The van der Waals surface area contributed by atoms with Crippen molar-refractivity contribution in [3.63, 3.8) is 0 Å². The van der Waals surface area contributed by atoms with Crippen molar-refractivity contribution >= 4 is 5.91 Å². The van der Waals surface area contributed by atoms with E-state index in [0.29, 0.717) is 18.5 Å². The van der Waals surface area contributed by atoms with Crippen LogP contribution in [0.3, 0.4) is 0 Å². The Kier molecular flexibility index (Phi) is 8.22. The van der Waals surface area contributed by atoms with E-state index in [9.17, 15) is 4.79 Å². The number of nitrogens with one attached hydrogen (secondary N) is 1. The fourth-order valence-corrected chi connectivity index (χ4v) is 2.83. The average Bonchev–Trinajstić information content (AvgIpc) is 2.46. The van der Waals surface area contributed by atoms with E-state index in [1.807, 2.05) is 0 Å². The highest BCUT2D eigenvalue weighted by atomic mass is 16.2. The lowest BCUT2D eigenvalue weighted by Crippen LogP contribution is -2.55. The third kappa shape index (κ3) is 6.32. The molecule has 5 nitrogen and oxygen atoms in total. The van der Waals surface area contributed by atoms with Crippen LogP contribution in [0.4, 0.5) is 0 Å². The lowest BCUT2D eigenvalue weighted by atomic mass is 10.0. The van der Waals surface area contributed by atoms with Gasteiger partial charge in [-0.15, -0.1) is 0 Å². The predicted molar refractivity (Wildman–Crippen MR) is 88.2 cm³/mol. The molecule has 124 valence electrons. The molecular formula is C16H34N4O. The highest BCUT2D eigenvalue weighted by molar-refractivity contribution is 5.81. The Morgan fingerprint density at radius 3 is 2.38 bits per heavy atom. The summed E-state index contributed by atoms with van der Waals surface area (Å²) < 4.78 is 0. The minimum absolute atomic E-state index is 0.00299. The van der Waals surface area contributed by atoms with E-state index < -0.39 is 0 Å². The molecule has 1 fully saturated rings. The Morgan fingerprint density at radius 1 is 1.24 bits per heavy atom. The fourth-order valence-electron chi connectivity index (χ4n) is 2.83. The van der Waals surface area contributed by atoms with E-state index in [2.05, 4.69) is 42.9 Å². The molecule has 0 aliphatic carbocycles. The van der Waals surface area contributed by atoms with E-state index in [1.165, 1.54) is 0 Å². The van der Waals surface area contributed by atoms with Crippen LogP contribution in [0.1, 0.15) is 40.0 Å². The lowest BCUT2D eigenvalue weighted by Gasteiger charge is -2.40. The van der Waals surface area contributed by atoms with Gasteiger partial charge in [0.1, 0.15) is 0 Å². The van der Waals surface area contributed by atoms with E-state index >= 15 is 0 Å². The summed E-state index contributed by atoms with van der Waals surface area (Å²) in [6.45, 7) is 11.7. The van der Waals surface area contributed by atoms with Crippen LogP contribution >= 0.6 is 0 Å². The Balaban J connectivity index is 2.42. The molecule has 2 unspecified atom stereocenters. The van der Waals surface area contributed by atoms with Gasteiger partial charge in [0, 0.05) is 38.8 Å². The van der Waals surface area contributed by atoms with Gasteiger partial charge in [0.15, 0.2) is 0 Å². The molecule has 0 bridgehead atoms. The van der Waals surface area contributed by atoms with Crippen LogP contribution in [0.15, 0.2) is 0 Å². The van der Waals surface area contributed by atoms with Crippen molar-refractivity contribution in [2.45, 2.75) is 52.1 Å². The van der Waals surface area contributed by atoms with Crippen LogP contribution in [0.5, 0.6) is 0 Å². The molecule has 5 heteroatoms. The Morgan fingerprint density at radius 2 is 1.86 bits per heavy atom. The van der Waals surface area contributed by atoms with Crippen LogP contribution in [0.25, 0.3) is 0 Å². The molecule has 1 amide bonds. The van der Waals surface area contributed by atoms with Gasteiger partial charge in [0.2, 0.25) is 5.91 Å². The fraction of sp³-hybridized carbons (Fsp3) is 0.938. The maximum Gasteiger partial charge on any atom is 0.236 e. The minimum atomic E-state index is -0.356. The summed E-state index contributed by atoms with van der Waals surface area (Å²) in [5, 5.41) is 3.06.